The lowest BCUT2D eigenvalue weighted by molar-refractivity contribution is 0.449. The first kappa shape index (κ1) is 9.66. The molecule has 0 saturated carbocycles. The lowest BCUT2D eigenvalue weighted by Gasteiger charge is -2.20. The fraction of sp³-hybridized carbons (Fsp3) is 0.417. The molecule has 1 fully saturated rings. The Labute approximate surface area is 94.5 Å². The van der Waals surface area contributed by atoms with E-state index in [4.69, 9.17) is 0 Å². The number of aromatic amines is 2. The van der Waals surface area contributed by atoms with Crippen LogP contribution in [0.15, 0.2) is 24.7 Å². The van der Waals surface area contributed by atoms with Crippen LogP contribution >= 0.6 is 0 Å². The van der Waals surface area contributed by atoms with Crippen LogP contribution in [0.2, 0.25) is 0 Å². The highest BCUT2D eigenvalue weighted by Gasteiger charge is 2.18. The predicted molar refractivity (Wildman–Crippen MR) is 63.2 cm³/mol. The zero-order valence-electron chi connectivity index (χ0n) is 9.16. The summed E-state index contributed by atoms with van der Waals surface area (Å²) in [6.07, 6.45) is 8.31. The van der Waals surface area contributed by atoms with Crippen molar-refractivity contribution in [2.75, 3.05) is 13.1 Å². The summed E-state index contributed by atoms with van der Waals surface area (Å²) in [5.41, 5.74) is 2.27. The van der Waals surface area contributed by atoms with Gasteiger partial charge in [0, 0.05) is 30.4 Å². The van der Waals surface area contributed by atoms with Gasteiger partial charge in [-0.3, -0.25) is 0 Å². The van der Waals surface area contributed by atoms with Crippen molar-refractivity contribution in [2.45, 2.75) is 18.8 Å². The molecule has 4 heteroatoms. The SMILES string of the molecule is c1cc(-c2cnc(C3CCCNC3)[nH]2)c[nH]1. The molecular formula is C12H16N4. The molecule has 3 rings (SSSR count). The van der Waals surface area contributed by atoms with Gasteiger partial charge < -0.3 is 15.3 Å². The normalized spacial score (nSPS) is 21.1. The minimum absolute atomic E-state index is 0.543. The minimum Gasteiger partial charge on any atom is -0.367 e. The molecule has 1 saturated heterocycles. The maximum absolute atomic E-state index is 4.49. The maximum atomic E-state index is 4.49. The van der Waals surface area contributed by atoms with Crippen molar-refractivity contribution in [3.05, 3.63) is 30.5 Å². The first-order valence-electron chi connectivity index (χ1n) is 5.82. The molecule has 2 aromatic heterocycles. The van der Waals surface area contributed by atoms with Gasteiger partial charge in [0.2, 0.25) is 0 Å². The predicted octanol–water partition coefficient (Wildman–Crippen LogP) is 1.87. The van der Waals surface area contributed by atoms with Gasteiger partial charge in [0.05, 0.1) is 11.9 Å². The van der Waals surface area contributed by atoms with E-state index in [1.165, 1.54) is 18.4 Å². The second-order valence-electron chi connectivity index (χ2n) is 4.33. The highest BCUT2D eigenvalue weighted by molar-refractivity contribution is 5.57. The van der Waals surface area contributed by atoms with Gasteiger partial charge in [0.1, 0.15) is 5.82 Å². The van der Waals surface area contributed by atoms with Crippen molar-refractivity contribution in [1.29, 1.82) is 0 Å². The fourth-order valence-electron chi connectivity index (χ4n) is 2.27. The summed E-state index contributed by atoms with van der Waals surface area (Å²) in [7, 11) is 0. The number of imidazole rings is 1. The van der Waals surface area contributed by atoms with Crippen LogP contribution in [-0.4, -0.2) is 28.0 Å². The van der Waals surface area contributed by atoms with Crippen LogP contribution in [0.1, 0.15) is 24.6 Å². The molecule has 2 aromatic rings. The molecule has 16 heavy (non-hydrogen) atoms. The van der Waals surface area contributed by atoms with Crippen LogP contribution in [0.4, 0.5) is 0 Å². The topological polar surface area (TPSA) is 56.5 Å². The third-order valence-electron chi connectivity index (χ3n) is 3.19. The molecule has 1 aliphatic heterocycles. The lowest BCUT2D eigenvalue weighted by Crippen LogP contribution is -2.28. The van der Waals surface area contributed by atoms with Gasteiger partial charge in [-0.1, -0.05) is 0 Å². The van der Waals surface area contributed by atoms with Crippen LogP contribution in [0.25, 0.3) is 11.3 Å². The Balaban J connectivity index is 1.82. The van der Waals surface area contributed by atoms with Crippen molar-refractivity contribution in [3.8, 4) is 11.3 Å². The van der Waals surface area contributed by atoms with Crippen molar-refractivity contribution < 1.29 is 0 Å². The van der Waals surface area contributed by atoms with E-state index in [-0.39, 0.29) is 0 Å². The molecule has 0 spiro atoms. The fourth-order valence-corrected chi connectivity index (χ4v) is 2.27. The molecule has 3 N–H and O–H groups in total. The van der Waals surface area contributed by atoms with Crippen LogP contribution in [0, 0.1) is 0 Å². The van der Waals surface area contributed by atoms with Crippen molar-refractivity contribution >= 4 is 0 Å². The molecule has 0 aliphatic carbocycles. The average molecular weight is 216 g/mol. The number of nitrogens with zero attached hydrogens (tertiary/aromatic N) is 1. The summed E-state index contributed by atoms with van der Waals surface area (Å²) in [6.45, 7) is 2.18. The number of piperidine rings is 1. The second-order valence-corrected chi connectivity index (χ2v) is 4.33. The molecule has 4 nitrogen and oxygen atoms in total. The lowest BCUT2D eigenvalue weighted by atomic mass is 9.99. The number of hydrogen-bond donors (Lipinski definition) is 3. The van der Waals surface area contributed by atoms with Crippen LogP contribution in [-0.2, 0) is 0 Å². The van der Waals surface area contributed by atoms with Gasteiger partial charge in [-0.2, -0.15) is 0 Å². The monoisotopic (exact) mass is 216 g/mol. The highest BCUT2D eigenvalue weighted by atomic mass is 15.0. The Morgan fingerprint density at radius 3 is 3.12 bits per heavy atom. The molecule has 3 heterocycles. The summed E-state index contributed by atoms with van der Waals surface area (Å²) in [6, 6.07) is 2.05. The van der Waals surface area contributed by atoms with Crippen molar-refractivity contribution in [1.82, 2.24) is 20.3 Å². The molecule has 1 atom stereocenters. The van der Waals surface area contributed by atoms with E-state index in [1.54, 1.807) is 0 Å². The standard InChI is InChI=1S/C12H16N4/c1-2-10(7-13-4-1)12-15-8-11(16-12)9-3-5-14-6-9/h3,5-6,8,10,13-14H,1-2,4,7H2,(H,15,16). The Hall–Kier alpha value is -1.55. The molecular weight excluding hydrogens is 200 g/mol. The number of aromatic nitrogens is 3. The maximum Gasteiger partial charge on any atom is 0.110 e. The summed E-state index contributed by atoms with van der Waals surface area (Å²) >= 11 is 0. The van der Waals surface area contributed by atoms with E-state index in [9.17, 15) is 0 Å². The van der Waals surface area contributed by atoms with E-state index < -0.39 is 0 Å². The van der Waals surface area contributed by atoms with Crippen LogP contribution in [0.5, 0.6) is 0 Å². The summed E-state index contributed by atoms with van der Waals surface area (Å²) in [4.78, 5) is 11.0. The molecule has 0 radical (unpaired) electrons. The Kier molecular flexibility index (Phi) is 2.50. The van der Waals surface area contributed by atoms with Gasteiger partial charge in [0.15, 0.2) is 0 Å². The molecule has 0 amide bonds. The Morgan fingerprint density at radius 2 is 2.38 bits per heavy atom. The number of nitrogens with one attached hydrogen (secondary N) is 3. The molecule has 1 aliphatic rings. The van der Waals surface area contributed by atoms with E-state index in [0.717, 1.165) is 24.6 Å². The van der Waals surface area contributed by atoms with Crippen molar-refractivity contribution in [3.63, 3.8) is 0 Å². The largest absolute Gasteiger partial charge is 0.367 e. The van der Waals surface area contributed by atoms with E-state index in [1.807, 2.05) is 18.6 Å². The van der Waals surface area contributed by atoms with Crippen molar-refractivity contribution in [2.24, 2.45) is 0 Å². The number of hydrogen-bond acceptors (Lipinski definition) is 2. The minimum atomic E-state index is 0.543. The van der Waals surface area contributed by atoms with Gasteiger partial charge in [-0.05, 0) is 25.5 Å². The number of H-pyrrole nitrogens is 2. The first-order valence-corrected chi connectivity index (χ1v) is 5.82. The quantitative estimate of drug-likeness (QED) is 0.717. The Morgan fingerprint density at radius 1 is 1.38 bits per heavy atom. The summed E-state index contributed by atoms with van der Waals surface area (Å²) in [5, 5.41) is 3.41. The molecule has 0 aromatic carbocycles. The average Bonchev–Trinajstić information content (AvgIpc) is 3.01. The first-order chi connectivity index (χ1) is 7.93. The third-order valence-corrected chi connectivity index (χ3v) is 3.19. The molecule has 1 unspecified atom stereocenters. The summed E-state index contributed by atoms with van der Waals surface area (Å²) in [5.74, 6) is 1.66. The van der Waals surface area contributed by atoms with Gasteiger partial charge in [-0.25, -0.2) is 4.98 Å². The van der Waals surface area contributed by atoms with E-state index >= 15 is 0 Å². The van der Waals surface area contributed by atoms with Gasteiger partial charge >= 0.3 is 0 Å². The zero-order chi connectivity index (χ0) is 10.8. The van der Waals surface area contributed by atoms with Crippen LogP contribution in [0.3, 0.4) is 0 Å². The summed E-state index contributed by atoms with van der Waals surface area (Å²) < 4.78 is 0. The van der Waals surface area contributed by atoms with Crippen LogP contribution < -0.4 is 5.32 Å². The second kappa shape index (κ2) is 4.14. The van der Waals surface area contributed by atoms with E-state index in [0.29, 0.717) is 5.92 Å². The smallest absolute Gasteiger partial charge is 0.110 e. The highest BCUT2D eigenvalue weighted by Crippen LogP contribution is 2.23. The molecule has 0 bridgehead atoms. The van der Waals surface area contributed by atoms with Gasteiger partial charge in [0.25, 0.3) is 0 Å². The molecule has 84 valence electrons. The number of rotatable bonds is 2. The third kappa shape index (κ3) is 1.76. The van der Waals surface area contributed by atoms with Gasteiger partial charge in [-0.15, -0.1) is 0 Å². The Bertz CT molecular complexity index is 437. The zero-order valence-corrected chi connectivity index (χ0v) is 9.16. The van der Waals surface area contributed by atoms with E-state index in [2.05, 4.69) is 26.3 Å².